The Hall–Kier alpha value is -1.52. The fourth-order valence-electron chi connectivity index (χ4n) is 2.89. The van der Waals surface area contributed by atoms with Gasteiger partial charge in [-0.1, -0.05) is 23.7 Å². The van der Waals surface area contributed by atoms with Gasteiger partial charge in [0.2, 0.25) is 0 Å². The molecule has 0 atom stereocenters. The number of benzene rings is 1. The number of aliphatic imine (C=N–C) groups is 1. The highest BCUT2D eigenvalue weighted by Crippen LogP contribution is 2.30. The molecule has 1 aromatic rings. The average Bonchev–Trinajstić information content (AvgIpc) is 2.63. The van der Waals surface area contributed by atoms with Crippen molar-refractivity contribution < 1.29 is 21.6 Å². The van der Waals surface area contributed by atoms with Gasteiger partial charge in [0.15, 0.2) is 5.96 Å². The first kappa shape index (κ1) is 22.8. The molecule has 1 aliphatic rings. The summed E-state index contributed by atoms with van der Waals surface area (Å²) in [6.45, 7) is 3.24. The van der Waals surface area contributed by atoms with Crippen molar-refractivity contribution in [2.24, 2.45) is 10.9 Å². The van der Waals surface area contributed by atoms with Crippen molar-refractivity contribution in [3.05, 3.63) is 34.9 Å². The fourth-order valence-corrected chi connectivity index (χ4v) is 4.09. The van der Waals surface area contributed by atoms with E-state index in [1.165, 1.54) is 0 Å². The maximum absolute atomic E-state index is 12.6. The smallest absolute Gasteiger partial charge is 0.357 e. The van der Waals surface area contributed by atoms with E-state index in [2.05, 4.69) is 15.6 Å². The van der Waals surface area contributed by atoms with E-state index in [-0.39, 0.29) is 19.0 Å². The van der Waals surface area contributed by atoms with E-state index in [4.69, 9.17) is 11.6 Å². The number of alkyl halides is 3. The lowest BCUT2D eigenvalue weighted by molar-refractivity contribution is -0.0496. The highest BCUT2D eigenvalue weighted by atomic mass is 35.5. The summed E-state index contributed by atoms with van der Waals surface area (Å²) in [5.41, 5.74) is -4.29. The Kier molecular flexibility index (Phi) is 7.97. The molecule has 1 aromatic carbocycles. The number of rotatable bonds is 6. The molecule has 0 bridgehead atoms. The molecular formula is C17H24ClF3N4O2S. The zero-order chi connectivity index (χ0) is 20.8. The van der Waals surface area contributed by atoms with Crippen LogP contribution in [0.15, 0.2) is 29.3 Å². The number of hydrogen-bond donors (Lipinski definition) is 2. The lowest BCUT2D eigenvalue weighted by atomic mass is 9.98. The zero-order valence-electron chi connectivity index (χ0n) is 15.5. The first-order chi connectivity index (χ1) is 13.1. The molecule has 0 aromatic heterocycles. The fraction of sp³-hybridized carbons (Fsp3) is 0.588. The topological polar surface area (TPSA) is 73.8 Å². The molecule has 0 spiro atoms. The normalized spacial score (nSPS) is 17.5. The molecule has 2 N–H and O–H groups in total. The van der Waals surface area contributed by atoms with Crippen molar-refractivity contribution in [1.82, 2.24) is 14.9 Å². The van der Waals surface area contributed by atoms with Crippen molar-refractivity contribution >= 4 is 27.6 Å². The van der Waals surface area contributed by atoms with Crippen LogP contribution >= 0.6 is 11.6 Å². The lowest BCUT2D eigenvalue weighted by Crippen LogP contribution is -2.47. The lowest BCUT2D eigenvalue weighted by Gasteiger charge is -2.31. The Balaban J connectivity index is 1.87. The van der Waals surface area contributed by atoms with Crippen LogP contribution in [-0.2, 0) is 16.6 Å². The molecular weight excluding hydrogens is 417 g/mol. The van der Waals surface area contributed by atoms with Gasteiger partial charge < -0.3 is 10.6 Å². The SMILES string of the molecule is CCNC(=NCc1cccc(Cl)c1)NCC1CCN(S(=O)(=O)C(F)(F)F)CC1. The maximum Gasteiger partial charge on any atom is 0.511 e. The second-order valence-corrected chi connectivity index (χ2v) is 8.87. The second kappa shape index (κ2) is 9.80. The Labute approximate surface area is 168 Å². The first-order valence-corrected chi connectivity index (χ1v) is 10.8. The predicted molar refractivity (Wildman–Crippen MR) is 104 cm³/mol. The molecule has 0 saturated carbocycles. The summed E-state index contributed by atoms with van der Waals surface area (Å²) in [6, 6.07) is 7.36. The highest BCUT2D eigenvalue weighted by Gasteiger charge is 2.50. The van der Waals surface area contributed by atoms with Crippen LogP contribution in [0.4, 0.5) is 13.2 Å². The zero-order valence-corrected chi connectivity index (χ0v) is 17.0. The standard InChI is InChI=1S/C17H24ClF3N4O2S/c1-2-22-16(24-12-14-4-3-5-15(18)10-14)23-11-13-6-8-25(9-7-13)28(26,27)17(19,20)21/h3-5,10,13H,2,6-9,11-12H2,1H3,(H2,22,23,24). The highest BCUT2D eigenvalue weighted by molar-refractivity contribution is 7.90. The van der Waals surface area contributed by atoms with Crippen LogP contribution in [0.2, 0.25) is 5.02 Å². The van der Waals surface area contributed by atoms with Crippen molar-refractivity contribution in [1.29, 1.82) is 0 Å². The number of guanidine groups is 1. The van der Waals surface area contributed by atoms with Gasteiger partial charge in [-0.25, -0.2) is 13.4 Å². The summed E-state index contributed by atoms with van der Waals surface area (Å²) in [4.78, 5) is 4.48. The summed E-state index contributed by atoms with van der Waals surface area (Å²) in [7, 11) is -5.24. The van der Waals surface area contributed by atoms with Gasteiger partial charge in [0.1, 0.15) is 0 Å². The minimum absolute atomic E-state index is 0.0645. The van der Waals surface area contributed by atoms with Crippen molar-refractivity contribution in [3.63, 3.8) is 0 Å². The largest absolute Gasteiger partial charge is 0.511 e. The van der Waals surface area contributed by atoms with Crippen molar-refractivity contribution in [2.75, 3.05) is 26.2 Å². The Bertz CT molecular complexity index is 779. The molecule has 158 valence electrons. The molecule has 1 fully saturated rings. The van der Waals surface area contributed by atoms with Crippen LogP contribution in [-0.4, -0.2) is 50.4 Å². The van der Waals surface area contributed by atoms with E-state index in [9.17, 15) is 21.6 Å². The quantitative estimate of drug-likeness (QED) is 0.527. The van der Waals surface area contributed by atoms with Crippen LogP contribution < -0.4 is 10.6 Å². The summed E-state index contributed by atoms with van der Waals surface area (Å²) in [5, 5.41) is 6.92. The van der Waals surface area contributed by atoms with Gasteiger partial charge in [-0.3, -0.25) is 0 Å². The van der Waals surface area contributed by atoms with Gasteiger partial charge in [0.25, 0.3) is 0 Å². The van der Waals surface area contributed by atoms with Gasteiger partial charge in [-0.05, 0) is 43.4 Å². The Morgan fingerprint density at radius 1 is 1.29 bits per heavy atom. The van der Waals surface area contributed by atoms with Crippen LogP contribution in [0.1, 0.15) is 25.3 Å². The van der Waals surface area contributed by atoms with Gasteiger partial charge in [0.05, 0.1) is 6.54 Å². The molecule has 2 rings (SSSR count). The third kappa shape index (κ3) is 6.25. The second-order valence-electron chi connectivity index (χ2n) is 6.50. The summed E-state index contributed by atoms with van der Waals surface area (Å²) in [5.74, 6) is 0.655. The van der Waals surface area contributed by atoms with Gasteiger partial charge in [-0.2, -0.15) is 17.5 Å². The summed E-state index contributed by atoms with van der Waals surface area (Å²) >= 11 is 5.96. The monoisotopic (exact) mass is 440 g/mol. The average molecular weight is 441 g/mol. The molecule has 1 heterocycles. The number of sulfonamides is 1. The van der Waals surface area contributed by atoms with Gasteiger partial charge >= 0.3 is 15.5 Å². The van der Waals surface area contributed by atoms with E-state index in [1.807, 2.05) is 25.1 Å². The van der Waals surface area contributed by atoms with Crippen LogP contribution in [0.25, 0.3) is 0 Å². The van der Waals surface area contributed by atoms with E-state index < -0.39 is 15.5 Å². The minimum Gasteiger partial charge on any atom is -0.357 e. The minimum atomic E-state index is -5.25. The van der Waals surface area contributed by atoms with Gasteiger partial charge in [0, 0.05) is 31.2 Å². The van der Waals surface area contributed by atoms with Crippen LogP contribution in [0, 0.1) is 5.92 Å². The van der Waals surface area contributed by atoms with E-state index in [0.29, 0.717) is 47.8 Å². The summed E-state index contributed by atoms with van der Waals surface area (Å²) < 4.78 is 61.3. The Morgan fingerprint density at radius 3 is 2.54 bits per heavy atom. The predicted octanol–water partition coefficient (Wildman–Crippen LogP) is 2.96. The molecule has 6 nitrogen and oxygen atoms in total. The van der Waals surface area contributed by atoms with Crippen LogP contribution in [0.3, 0.4) is 0 Å². The van der Waals surface area contributed by atoms with Gasteiger partial charge in [-0.15, -0.1) is 0 Å². The molecule has 1 aliphatic heterocycles. The third-order valence-electron chi connectivity index (χ3n) is 4.42. The van der Waals surface area contributed by atoms with E-state index in [1.54, 1.807) is 6.07 Å². The maximum atomic E-state index is 12.6. The number of halogens is 4. The number of nitrogens with zero attached hydrogens (tertiary/aromatic N) is 2. The molecule has 0 aliphatic carbocycles. The first-order valence-electron chi connectivity index (χ1n) is 8.96. The molecule has 0 amide bonds. The van der Waals surface area contributed by atoms with Crippen molar-refractivity contribution in [2.45, 2.75) is 31.8 Å². The molecule has 11 heteroatoms. The Morgan fingerprint density at radius 2 is 1.96 bits per heavy atom. The molecule has 28 heavy (non-hydrogen) atoms. The molecule has 0 radical (unpaired) electrons. The van der Waals surface area contributed by atoms with E-state index >= 15 is 0 Å². The number of piperidine rings is 1. The molecule has 1 saturated heterocycles. The van der Waals surface area contributed by atoms with Crippen molar-refractivity contribution in [3.8, 4) is 0 Å². The van der Waals surface area contributed by atoms with E-state index in [0.717, 1.165) is 5.56 Å². The third-order valence-corrected chi connectivity index (χ3v) is 6.28. The number of nitrogens with one attached hydrogen (secondary N) is 2. The summed E-state index contributed by atoms with van der Waals surface area (Å²) in [6.07, 6.45) is 0.714. The number of hydrogen-bond acceptors (Lipinski definition) is 3. The van der Waals surface area contributed by atoms with Crippen LogP contribution in [0.5, 0.6) is 0 Å². The molecule has 0 unspecified atom stereocenters.